The molecule has 0 saturated heterocycles. The largest absolute Gasteiger partial charge is 2.00 e. The maximum Gasteiger partial charge on any atom is 2.00 e. The summed E-state index contributed by atoms with van der Waals surface area (Å²) >= 11 is 20.2. The first-order valence-electron chi connectivity index (χ1n) is 39.0. The molecule has 12 aromatic rings. The van der Waals surface area contributed by atoms with Gasteiger partial charge in [0.15, 0.2) is 0 Å². The molecule has 0 atom stereocenters. The topological polar surface area (TPSA) is 350 Å². The van der Waals surface area contributed by atoms with E-state index in [4.69, 9.17) is 103 Å². The molecule has 0 amide bonds. The van der Waals surface area contributed by atoms with Gasteiger partial charge >= 0.3 is 84.3 Å². The summed E-state index contributed by atoms with van der Waals surface area (Å²) in [4.78, 5) is 44.5. The first kappa shape index (κ1) is 122. The second kappa shape index (κ2) is 77.8. The van der Waals surface area contributed by atoms with Crippen molar-refractivity contribution in [1.29, 1.82) is 0 Å². The summed E-state index contributed by atoms with van der Waals surface area (Å²) in [5, 5.41) is 44.5. The Balaban J connectivity index is 0.00000153. The second-order valence-corrected chi connectivity index (χ2v) is 26.0. The van der Waals surface area contributed by atoms with Crippen molar-refractivity contribution in [2.24, 2.45) is 30.0 Å². The monoisotopic (exact) mass is 2240 g/mol. The second-order valence-electron chi connectivity index (χ2n) is 24.5. The van der Waals surface area contributed by atoms with Gasteiger partial charge in [0.25, 0.3) is 0 Å². The number of ether oxygens (including phenoxy) is 12. The predicted molar refractivity (Wildman–Crippen MR) is 529 cm³/mol. The average Bonchev–Trinajstić information content (AvgIpc) is 0.903. The van der Waals surface area contributed by atoms with Gasteiger partial charge < -0.3 is 138 Å². The van der Waals surface area contributed by atoms with Gasteiger partial charge in [0.05, 0.1) is 97.3 Å². The molecule has 704 valence electrons. The minimum atomic E-state index is -1.49. The number of nitrogens with zero attached hydrogens (tertiary/aromatic N) is 12. The van der Waals surface area contributed by atoms with E-state index in [-0.39, 0.29) is 84.3 Å². The van der Waals surface area contributed by atoms with Crippen LogP contribution in [0.15, 0.2) is 339 Å². The minimum Gasteiger partial charge on any atom is -0.545 e. The van der Waals surface area contributed by atoms with Crippen molar-refractivity contribution in [3.8, 4) is 69.0 Å². The summed E-state index contributed by atoms with van der Waals surface area (Å²) in [6, 6.07) is 89.6. The van der Waals surface area contributed by atoms with Crippen molar-refractivity contribution in [2.45, 2.75) is 0 Å². The number of hydrogen-bond donors (Lipinski definition) is 0. The standard InChI is InChI=1S/6C15H15N2O2.C5H4O4.2C2H4Cl2.4Mo/c6*1-18-14-7-3-12(4-8-14)16-11-17-13-5-9-15(19-2)10-6-13;6-4(7)2-1-3-5(8)9;2*3-1-2-4;;;;/h6*3-11H,1-2H3;2-3H,(H,6,7)(H,8,9);2*1-2H2;;;;/q6*-1;;;;4*+2/p-2. The van der Waals surface area contributed by atoms with Crippen LogP contribution in [0.4, 0.5) is 68.2 Å². The normalized spacial score (nSPS) is 9.72. The van der Waals surface area contributed by atoms with Gasteiger partial charge in [0.2, 0.25) is 0 Å². The fourth-order valence-electron chi connectivity index (χ4n) is 9.17. The van der Waals surface area contributed by atoms with Crippen LogP contribution in [0.25, 0.3) is 31.9 Å². The van der Waals surface area contributed by atoms with Gasteiger partial charge in [-0.15, -0.1) is 52.1 Å². The zero-order valence-corrected chi connectivity index (χ0v) is 86.8. The molecule has 0 saturated carbocycles. The van der Waals surface area contributed by atoms with Crippen LogP contribution in [0.2, 0.25) is 0 Å². The van der Waals surface area contributed by atoms with Crippen molar-refractivity contribution in [3.05, 3.63) is 341 Å². The van der Waals surface area contributed by atoms with E-state index in [0.29, 0.717) is 35.7 Å². The van der Waals surface area contributed by atoms with Crippen molar-refractivity contribution in [3.63, 3.8) is 0 Å². The number of aliphatic imine (C=N–C) groups is 6. The van der Waals surface area contributed by atoms with Crippen LogP contribution in [0, 0.1) is 0 Å². The van der Waals surface area contributed by atoms with Crippen LogP contribution in [-0.4, -0.2) is 159 Å². The Bertz CT molecular complexity index is 4530. The number of carboxylic acid groups (broad SMARTS) is 2. The van der Waals surface area contributed by atoms with Gasteiger partial charge in [-0.05, 0) is 214 Å². The molecule has 135 heavy (non-hydrogen) atoms. The van der Waals surface area contributed by atoms with Crippen LogP contribution in [0.5, 0.6) is 69.0 Å². The predicted octanol–water partition coefficient (Wildman–Crippen LogP) is 24.5. The molecule has 0 aromatic heterocycles. The average molecular weight is 2240 g/mol. The Hall–Kier alpha value is -12.6. The third kappa shape index (κ3) is 56.3. The van der Waals surface area contributed by atoms with Crippen LogP contribution in [0.1, 0.15) is 0 Å². The van der Waals surface area contributed by atoms with Gasteiger partial charge in [-0.3, -0.25) is 0 Å². The zero-order chi connectivity index (χ0) is 95.1. The summed E-state index contributed by atoms with van der Waals surface area (Å²) in [6.07, 6.45) is 10.1. The van der Waals surface area contributed by atoms with E-state index >= 15 is 0 Å². The SMILES string of the molecule is COc1ccc(N=C[N-]c2ccc(OC)cc2)cc1.COc1ccc(N=C[N-]c2ccc(OC)cc2)cc1.COc1ccc(N=C[N-]c2ccc(OC)cc2)cc1.COc1ccc(N=C[N-]c2ccc(OC)cc2)cc1.COc1ccc(N=C[N-]c2ccc(OC)cc2)cc1.COc1ccc(N=C[N-]c2ccc(OC)cc2)cc1.ClCCCl.ClCCCl.O=C([O-])C=C=CC(=O)[O-].[Mo+2].[Mo+2].[Mo+2].[Mo+2]. The zero-order valence-electron chi connectivity index (χ0n) is 75.7. The molecule has 0 N–H and O–H groups in total. The number of carboxylic acids is 2. The molecular formula is C99H100Cl4Mo4N12O16. The molecule has 0 aliphatic carbocycles. The molecule has 0 bridgehead atoms. The molecular weight excluding hydrogens is 2140 g/mol. The number of benzene rings is 12. The Morgan fingerprint density at radius 1 is 0.222 bits per heavy atom. The summed E-state index contributed by atoms with van der Waals surface area (Å²) < 4.78 is 60.9. The number of halogens is 4. The van der Waals surface area contributed by atoms with E-state index in [1.807, 2.05) is 297 Å². The van der Waals surface area contributed by atoms with Crippen LogP contribution in [0.3, 0.4) is 0 Å². The van der Waals surface area contributed by atoms with Gasteiger partial charge in [0.1, 0.15) is 69.0 Å². The minimum absolute atomic E-state index is 0. The van der Waals surface area contributed by atoms with Crippen LogP contribution < -0.4 is 67.1 Å². The maximum absolute atomic E-state index is 9.52. The van der Waals surface area contributed by atoms with E-state index in [2.05, 4.69) is 61.9 Å². The molecule has 0 unspecified atom stereocenters. The van der Waals surface area contributed by atoms with Gasteiger partial charge in [-0.2, -0.15) is 0 Å². The van der Waals surface area contributed by atoms with Gasteiger partial charge in [-0.1, -0.05) is 184 Å². The van der Waals surface area contributed by atoms with Crippen molar-refractivity contribution < 1.29 is 161 Å². The first-order chi connectivity index (χ1) is 63.8. The van der Waals surface area contributed by atoms with E-state index in [1.54, 1.807) is 85.3 Å². The summed E-state index contributed by atoms with van der Waals surface area (Å²) in [5.41, 5.74) is 11.8. The summed E-state index contributed by atoms with van der Waals surface area (Å²) in [6.45, 7) is 0. The van der Waals surface area contributed by atoms with Crippen molar-refractivity contribution in [2.75, 3.05) is 109 Å². The number of aliphatic carboxylic acids is 2. The molecule has 0 radical (unpaired) electrons. The van der Waals surface area contributed by atoms with Crippen molar-refractivity contribution >= 4 is 165 Å². The maximum atomic E-state index is 9.52. The molecule has 12 rings (SSSR count). The fraction of sp³-hybridized carbons (Fsp3) is 0.162. The molecule has 0 fully saturated rings. The Kier molecular flexibility index (Phi) is 70.6. The number of rotatable bonds is 34. The number of alkyl halides is 4. The molecule has 0 aliphatic rings. The Labute approximate surface area is 866 Å². The summed E-state index contributed by atoms with van der Waals surface area (Å²) in [5.74, 6) is 8.98. The summed E-state index contributed by atoms with van der Waals surface area (Å²) in [7, 11) is 19.6. The van der Waals surface area contributed by atoms with Crippen LogP contribution in [-0.2, 0) is 93.9 Å². The van der Waals surface area contributed by atoms with Crippen molar-refractivity contribution in [1.82, 2.24) is 0 Å². The van der Waals surface area contributed by atoms with E-state index in [0.717, 1.165) is 137 Å². The number of hydrogen-bond acceptors (Lipinski definition) is 22. The van der Waals surface area contributed by atoms with Gasteiger partial charge in [0, 0.05) is 35.7 Å². The first-order valence-corrected chi connectivity index (χ1v) is 41.2. The quantitative estimate of drug-likeness (QED) is 0.00903. The van der Waals surface area contributed by atoms with Crippen LogP contribution >= 0.6 is 46.4 Å². The Morgan fingerprint density at radius 2 is 0.326 bits per heavy atom. The van der Waals surface area contributed by atoms with Gasteiger partial charge in [-0.25, -0.2) is 0 Å². The molecule has 0 heterocycles. The molecule has 12 aromatic carbocycles. The molecule has 28 nitrogen and oxygen atoms in total. The number of methoxy groups -OCH3 is 12. The fourth-order valence-corrected chi connectivity index (χ4v) is 9.17. The molecule has 0 spiro atoms. The number of carbonyl (C=O) groups excluding carboxylic acids is 2. The third-order valence-electron chi connectivity index (χ3n) is 15.9. The van der Waals surface area contributed by atoms with E-state index in [1.165, 1.54) is 38.0 Å². The molecule has 0 aliphatic heterocycles. The third-order valence-corrected chi connectivity index (χ3v) is 17.0. The smallest absolute Gasteiger partial charge is 0.545 e. The van der Waals surface area contributed by atoms with E-state index < -0.39 is 11.9 Å². The molecule has 36 heteroatoms. The number of carbonyl (C=O) groups is 2. The Morgan fingerprint density at radius 3 is 0.415 bits per heavy atom. The van der Waals surface area contributed by atoms with E-state index in [9.17, 15) is 19.8 Å².